The standard InChI is InChI=1S/C19H26BrNO2/c1-22-17-4-3-16(20)15(18(17)23-2)11-21-19-8-12-5-13(9-19)7-14(6-12)10-19/h3-4,12-14,21H,5-11H2,1-2H3. The van der Waals surface area contributed by atoms with E-state index in [4.69, 9.17) is 9.47 Å². The fraction of sp³-hybridized carbons (Fsp3) is 0.684. The van der Waals surface area contributed by atoms with Crippen LogP contribution >= 0.6 is 15.9 Å². The Hall–Kier alpha value is -0.740. The molecule has 0 unspecified atom stereocenters. The molecule has 4 heteroatoms. The van der Waals surface area contributed by atoms with Gasteiger partial charge in [-0.15, -0.1) is 0 Å². The molecule has 3 nitrogen and oxygen atoms in total. The average molecular weight is 380 g/mol. The Morgan fingerprint density at radius 3 is 2.17 bits per heavy atom. The zero-order valence-corrected chi connectivity index (χ0v) is 15.6. The average Bonchev–Trinajstić information content (AvgIpc) is 2.52. The molecule has 4 saturated carbocycles. The summed E-state index contributed by atoms with van der Waals surface area (Å²) in [5.41, 5.74) is 1.53. The van der Waals surface area contributed by atoms with Crippen LogP contribution in [0.15, 0.2) is 16.6 Å². The monoisotopic (exact) mass is 379 g/mol. The van der Waals surface area contributed by atoms with E-state index in [9.17, 15) is 0 Å². The highest BCUT2D eigenvalue weighted by Gasteiger charge is 2.50. The Morgan fingerprint density at radius 2 is 1.65 bits per heavy atom. The molecule has 0 spiro atoms. The summed E-state index contributed by atoms with van der Waals surface area (Å²) in [7, 11) is 3.42. The smallest absolute Gasteiger partial charge is 0.166 e. The van der Waals surface area contributed by atoms with Crippen molar-refractivity contribution >= 4 is 15.9 Å². The predicted molar refractivity (Wildman–Crippen MR) is 95.0 cm³/mol. The predicted octanol–water partition coefficient (Wildman–Crippen LogP) is 4.52. The van der Waals surface area contributed by atoms with Crippen molar-refractivity contribution in [2.24, 2.45) is 17.8 Å². The second-order valence-corrected chi connectivity index (χ2v) is 8.67. The Labute approximate surface area is 147 Å². The van der Waals surface area contributed by atoms with Crippen LogP contribution < -0.4 is 14.8 Å². The van der Waals surface area contributed by atoms with Crippen LogP contribution in [-0.4, -0.2) is 19.8 Å². The number of benzene rings is 1. The van der Waals surface area contributed by atoms with Crippen LogP contribution in [0.2, 0.25) is 0 Å². The fourth-order valence-electron chi connectivity index (χ4n) is 5.73. The van der Waals surface area contributed by atoms with E-state index in [2.05, 4.69) is 27.3 Å². The third-order valence-corrected chi connectivity index (χ3v) is 7.01. The van der Waals surface area contributed by atoms with Gasteiger partial charge in [-0.05, 0) is 68.4 Å². The molecule has 1 N–H and O–H groups in total. The molecule has 0 saturated heterocycles. The van der Waals surface area contributed by atoms with E-state index >= 15 is 0 Å². The molecule has 4 aliphatic rings. The first-order chi connectivity index (χ1) is 11.1. The molecular weight excluding hydrogens is 354 g/mol. The van der Waals surface area contributed by atoms with E-state index in [1.807, 2.05) is 6.07 Å². The first-order valence-electron chi connectivity index (χ1n) is 8.77. The van der Waals surface area contributed by atoms with Crippen molar-refractivity contribution in [1.82, 2.24) is 5.32 Å². The lowest BCUT2D eigenvalue weighted by molar-refractivity contribution is -0.0206. The van der Waals surface area contributed by atoms with Crippen LogP contribution in [0.4, 0.5) is 0 Å². The molecule has 4 fully saturated rings. The summed E-state index contributed by atoms with van der Waals surface area (Å²) >= 11 is 3.69. The lowest BCUT2D eigenvalue weighted by Gasteiger charge is -2.57. The minimum Gasteiger partial charge on any atom is -0.493 e. The van der Waals surface area contributed by atoms with Gasteiger partial charge in [0, 0.05) is 22.1 Å². The molecule has 126 valence electrons. The Morgan fingerprint density at radius 1 is 1.04 bits per heavy atom. The molecule has 0 radical (unpaired) electrons. The minimum atomic E-state index is 0.363. The third kappa shape index (κ3) is 2.78. The lowest BCUT2D eigenvalue weighted by Crippen LogP contribution is -2.58. The molecule has 4 bridgehead atoms. The number of methoxy groups -OCH3 is 2. The number of hydrogen-bond donors (Lipinski definition) is 1. The number of halogens is 1. The quantitative estimate of drug-likeness (QED) is 0.815. The van der Waals surface area contributed by atoms with E-state index in [1.54, 1.807) is 14.2 Å². The van der Waals surface area contributed by atoms with Gasteiger partial charge >= 0.3 is 0 Å². The maximum absolute atomic E-state index is 5.62. The van der Waals surface area contributed by atoms with Gasteiger partial charge in [-0.1, -0.05) is 15.9 Å². The van der Waals surface area contributed by atoms with E-state index in [1.165, 1.54) is 44.1 Å². The summed E-state index contributed by atoms with van der Waals surface area (Å²) in [5, 5.41) is 3.94. The number of rotatable bonds is 5. The molecule has 0 heterocycles. The maximum atomic E-state index is 5.62. The van der Waals surface area contributed by atoms with Crippen molar-refractivity contribution in [3.63, 3.8) is 0 Å². The normalized spacial score (nSPS) is 34.7. The van der Waals surface area contributed by atoms with Gasteiger partial charge in [0.05, 0.1) is 14.2 Å². The summed E-state index contributed by atoms with van der Waals surface area (Å²) < 4.78 is 12.2. The summed E-state index contributed by atoms with van der Waals surface area (Å²) in [6.45, 7) is 0.840. The van der Waals surface area contributed by atoms with Crippen LogP contribution in [0.1, 0.15) is 44.1 Å². The van der Waals surface area contributed by atoms with E-state index in [0.717, 1.165) is 40.3 Å². The first-order valence-corrected chi connectivity index (χ1v) is 9.56. The van der Waals surface area contributed by atoms with Crippen LogP contribution in [0, 0.1) is 17.8 Å². The molecular formula is C19H26BrNO2. The topological polar surface area (TPSA) is 30.5 Å². The number of nitrogens with one attached hydrogen (secondary N) is 1. The van der Waals surface area contributed by atoms with Crippen molar-refractivity contribution in [3.05, 3.63) is 22.2 Å². The summed E-state index contributed by atoms with van der Waals surface area (Å²) in [4.78, 5) is 0. The maximum Gasteiger partial charge on any atom is 0.166 e. The largest absolute Gasteiger partial charge is 0.493 e. The molecule has 0 amide bonds. The zero-order chi connectivity index (χ0) is 16.0. The number of hydrogen-bond acceptors (Lipinski definition) is 3. The third-order valence-electron chi connectivity index (χ3n) is 6.27. The fourth-order valence-corrected chi connectivity index (χ4v) is 6.19. The Bertz CT molecular complexity index is 566. The molecule has 5 rings (SSSR count). The van der Waals surface area contributed by atoms with Gasteiger partial charge in [0.1, 0.15) is 0 Å². The highest BCUT2D eigenvalue weighted by Crippen LogP contribution is 2.55. The van der Waals surface area contributed by atoms with E-state index < -0.39 is 0 Å². The van der Waals surface area contributed by atoms with Gasteiger partial charge < -0.3 is 14.8 Å². The van der Waals surface area contributed by atoms with Crippen molar-refractivity contribution in [2.45, 2.75) is 50.6 Å². The van der Waals surface area contributed by atoms with Gasteiger partial charge in [-0.2, -0.15) is 0 Å². The van der Waals surface area contributed by atoms with Crippen LogP contribution in [-0.2, 0) is 6.54 Å². The van der Waals surface area contributed by atoms with E-state index in [-0.39, 0.29) is 0 Å². The highest BCUT2D eigenvalue weighted by atomic mass is 79.9. The van der Waals surface area contributed by atoms with Crippen molar-refractivity contribution in [2.75, 3.05) is 14.2 Å². The van der Waals surface area contributed by atoms with Gasteiger partial charge in [0.15, 0.2) is 11.5 Å². The van der Waals surface area contributed by atoms with Crippen LogP contribution in [0.5, 0.6) is 11.5 Å². The molecule has 1 aromatic rings. The summed E-state index contributed by atoms with van der Waals surface area (Å²) in [6.07, 6.45) is 8.53. The zero-order valence-electron chi connectivity index (χ0n) is 14.0. The van der Waals surface area contributed by atoms with Gasteiger partial charge in [-0.3, -0.25) is 0 Å². The SMILES string of the molecule is COc1ccc(Br)c(CNC23CC4CC(CC(C4)C2)C3)c1OC. The highest BCUT2D eigenvalue weighted by molar-refractivity contribution is 9.10. The van der Waals surface area contributed by atoms with Gasteiger partial charge in [0.25, 0.3) is 0 Å². The van der Waals surface area contributed by atoms with Crippen LogP contribution in [0.3, 0.4) is 0 Å². The van der Waals surface area contributed by atoms with Crippen molar-refractivity contribution in [3.8, 4) is 11.5 Å². The first kappa shape index (κ1) is 15.8. The Kier molecular flexibility index (Phi) is 4.09. The molecule has 1 aromatic carbocycles. The molecule has 4 aliphatic carbocycles. The van der Waals surface area contributed by atoms with Gasteiger partial charge in [-0.25, -0.2) is 0 Å². The van der Waals surface area contributed by atoms with Crippen LogP contribution in [0.25, 0.3) is 0 Å². The molecule has 0 aromatic heterocycles. The second kappa shape index (κ2) is 5.96. The second-order valence-electron chi connectivity index (χ2n) is 7.81. The molecule has 0 atom stereocenters. The summed E-state index contributed by atoms with van der Waals surface area (Å²) in [6, 6.07) is 4.01. The lowest BCUT2D eigenvalue weighted by atomic mass is 9.53. The molecule has 0 aliphatic heterocycles. The van der Waals surface area contributed by atoms with E-state index in [0.29, 0.717) is 5.54 Å². The summed E-state index contributed by atoms with van der Waals surface area (Å²) in [5.74, 6) is 4.54. The van der Waals surface area contributed by atoms with Crippen molar-refractivity contribution < 1.29 is 9.47 Å². The minimum absolute atomic E-state index is 0.363. The Balaban J connectivity index is 1.55. The number of ether oxygens (including phenoxy) is 2. The van der Waals surface area contributed by atoms with Gasteiger partial charge in [0.2, 0.25) is 0 Å². The van der Waals surface area contributed by atoms with Crippen molar-refractivity contribution in [1.29, 1.82) is 0 Å². The molecule has 23 heavy (non-hydrogen) atoms.